The highest BCUT2D eigenvalue weighted by Gasteiger charge is 2.30. The molecule has 16 heavy (non-hydrogen) atoms. The largest absolute Gasteiger partial charge is 0.459 e. The van der Waals surface area contributed by atoms with E-state index >= 15 is 0 Å². The van der Waals surface area contributed by atoms with Crippen LogP contribution in [0.3, 0.4) is 0 Å². The maximum absolute atomic E-state index is 11.6. The van der Waals surface area contributed by atoms with E-state index in [2.05, 4.69) is 0 Å². The van der Waals surface area contributed by atoms with E-state index in [1.807, 2.05) is 30.3 Å². The number of nitrogens with two attached hydrogens (primary N) is 1. The average molecular weight is 223 g/mol. The Morgan fingerprint density at radius 3 is 2.56 bits per heavy atom. The number of rotatable bonds is 5. The number of carbonyl (C=O) groups excluding carboxylic acids is 1. The molecule has 0 radical (unpaired) electrons. The fourth-order valence-electron chi connectivity index (χ4n) is 1.25. The van der Waals surface area contributed by atoms with Crippen LogP contribution >= 0.6 is 0 Å². The summed E-state index contributed by atoms with van der Waals surface area (Å²) >= 11 is 0. The molecule has 0 heterocycles. The zero-order chi connectivity index (χ0) is 12.0. The van der Waals surface area contributed by atoms with Crippen LogP contribution in [0, 0.1) is 0 Å². The van der Waals surface area contributed by atoms with Crippen LogP contribution in [-0.4, -0.2) is 25.2 Å². The van der Waals surface area contributed by atoms with Crippen LogP contribution in [0.5, 0.6) is 0 Å². The van der Waals surface area contributed by atoms with E-state index in [4.69, 9.17) is 15.2 Å². The average Bonchev–Trinajstić information content (AvgIpc) is 2.27. The highest BCUT2D eigenvalue weighted by Crippen LogP contribution is 2.06. The molecule has 1 aromatic carbocycles. The van der Waals surface area contributed by atoms with Gasteiger partial charge in [-0.05, 0) is 12.5 Å². The second kappa shape index (κ2) is 5.63. The van der Waals surface area contributed by atoms with Crippen molar-refractivity contribution < 1.29 is 14.3 Å². The van der Waals surface area contributed by atoms with Gasteiger partial charge >= 0.3 is 5.97 Å². The van der Waals surface area contributed by atoms with Crippen molar-refractivity contribution in [1.82, 2.24) is 0 Å². The van der Waals surface area contributed by atoms with Gasteiger partial charge in [0, 0.05) is 7.11 Å². The van der Waals surface area contributed by atoms with Gasteiger partial charge in [-0.1, -0.05) is 30.3 Å². The minimum atomic E-state index is -1.09. The van der Waals surface area contributed by atoms with Gasteiger partial charge in [0.15, 0.2) is 0 Å². The summed E-state index contributed by atoms with van der Waals surface area (Å²) in [6.45, 7) is 1.96. The fourth-order valence-corrected chi connectivity index (χ4v) is 1.25. The minimum Gasteiger partial charge on any atom is -0.459 e. The lowest BCUT2D eigenvalue weighted by Gasteiger charge is -2.21. The standard InChI is InChI=1S/C12H17NO3/c1-12(13,9-15-2)11(14)16-8-10-6-4-3-5-7-10/h3-7H,8-9,13H2,1-2H3. The normalized spacial score (nSPS) is 14.2. The summed E-state index contributed by atoms with van der Waals surface area (Å²) in [7, 11) is 1.50. The molecule has 1 unspecified atom stereocenters. The molecule has 1 aromatic rings. The summed E-state index contributed by atoms with van der Waals surface area (Å²) in [6, 6.07) is 9.46. The Bertz CT molecular complexity index is 335. The number of hydrogen-bond acceptors (Lipinski definition) is 4. The highest BCUT2D eigenvalue weighted by molar-refractivity contribution is 5.80. The van der Waals surface area contributed by atoms with Gasteiger partial charge < -0.3 is 15.2 Å². The van der Waals surface area contributed by atoms with Crippen LogP contribution in [0.2, 0.25) is 0 Å². The lowest BCUT2D eigenvalue weighted by molar-refractivity contribution is -0.152. The molecule has 1 atom stereocenters. The third kappa shape index (κ3) is 3.64. The van der Waals surface area contributed by atoms with Crippen LogP contribution in [0.25, 0.3) is 0 Å². The van der Waals surface area contributed by atoms with Crippen LogP contribution in [0.4, 0.5) is 0 Å². The van der Waals surface area contributed by atoms with E-state index in [9.17, 15) is 4.79 Å². The van der Waals surface area contributed by atoms with Gasteiger partial charge in [-0.25, -0.2) is 4.79 Å². The Hall–Kier alpha value is -1.39. The highest BCUT2D eigenvalue weighted by atomic mass is 16.5. The number of methoxy groups -OCH3 is 1. The molecule has 4 heteroatoms. The molecule has 4 nitrogen and oxygen atoms in total. The van der Waals surface area contributed by atoms with Gasteiger partial charge in [0.05, 0.1) is 6.61 Å². The maximum Gasteiger partial charge on any atom is 0.328 e. The number of hydrogen-bond donors (Lipinski definition) is 1. The van der Waals surface area contributed by atoms with Crippen molar-refractivity contribution in [3.63, 3.8) is 0 Å². The number of benzene rings is 1. The molecule has 0 saturated heterocycles. The summed E-state index contributed by atoms with van der Waals surface area (Å²) in [5.41, 5.74) is 5.58. The van der Waals surface area contributed by atoms with Crippen LogP contribution in [0.15, 0.2) is 30.3 Å². The molecule has 0 aromatic heterocycles. The van der Waals surface area contributed by atoms with E-state index in [0.29, 0.717) is 0 Å². The third-order valence-corrected chi connectivity index (χ3v) is 2.12. The van der Waals surface area contributed by atoms with E-state index in [1.54, 1.807) is 6.92 Å². The van der Waals surface area contributed by atoms with Gasteiger partial charge in [-0.15, -0.1) is 0 Å². The predicted molar refractivity (Wildman–Crippen MR) is 60.7 cm³/mol. The predicted octanol–water partition coefficient (Wildman–Crippen LogP) is 1.09. The lowest BCUT2D eigenvalue weighted by atomic mass is 10.1. The second-order valence-corrected chi connectivity index (χ2v) is 3.91. The van der Waals surface area contributed by atoms with Crippen LogP contribution in [0.1, 0.15) is 12.5 Å². The molecule has 0 spiro atoms. The first-order valence-electron chi connectivity index (χ1n) is 5.05. The topological polar surface area (TPSA) is 61.5 Å². The van der Waals surface area contributed by atoms with E-state index < -0.39 is 11.5 Å². The summed E-state index contributed by atoms with van der Waals surface area (Å²) in [6.07, 6.45) is 0. The van der Waals surface area contributed by atoms with Crippen molar-refractivity contribution in [2.24, 2.45) is 5.73 Å². The van der Waals surface area contributed by atoms with Crippen LogP contribution in [-0.2, 0) is 20.9 Å². The Labute approximate surface area is 95.3 Å². The minimum absolute atomic E-state index is 0.140. The SMILES string of the molecule is COCC(C)(N)C(=O)OCc1ccccc1. The molecule has 0 aliphatic heterocycles. The Kier molecular flexibility index (Phi) is 4.46. The van der Waals surface area contributed by atoms with E-state index in [1.165, 1.54) is 7.11 Å². The quantitative estimate of drug-likeness (QED) is 0.759. The number of esters is 1. The fraction of sp³-hybridized carbons (Fsp3) is 0.417. The van der Waals surface area contributed by atoms with Crippen LogP contribution < -0.4 is 5.73 Å². The summed E-state index contributed by atoms with van der Waals surface area (Å²) in [4.78, 5) is 11.6. The molecular formula is C12H17NO3. The molecule has 0 amide bonds. The van der Waals surface area contributed by atoms with E-state index in [0.717, 1.165) is 5.56 Å². The Morgan fingerprint density at radius 2 is 2.00 bits per heavy atom. The molecule has 0 aliphatic rings. The summed E-state index contributed by atoms with van der Waals surface area (Å²) in [5.74, 6) is -0.460. The molecule has 0 aliphatic carbocycles. The first-order chi connectivity index (χ1) is 7.56. The summed E-state index contributed by atoms with van der Waals surface area (Å²) < 4.78 is 9.96. The van der Waals surface area contributed by atoms with E-state index in [-0.39, 0.29) is 13.2 Å². The second-order valence-electron chi connectivity index (χ2n) is 3.91. The number of ether oxygens (including phenoxy) is 2. The van der Waals surface area contributed by atoms with Gasteiger partial charge in [-0.2, -0.15) is 0 Å². The van der Waals surface area contributed by atoms with Gasteiger partial charge in [-0.3, -0.25) is 0 Å². The summed E-state index contributed by atoms with van der Waals surface area (Å²) in [5, 5.41) is 0. The first kappa shape index (κ1) is 12.7. The Morgan fingerprint density at radius 1 is 1.38 bits per heavy atom. The molecule has 0 fully saturated rings. The molecule has 2 N–H and O–H groups in total. The zero-order valence-electron chi connectivity index (χ0n) is 9.60. The van der Waals surface area contributed by atoms with Gasteiger partial charge in [0.2, 0.25) is 0 Å². The van der Waals surface area contributed by atoms with Crippen molar-refractivity contribution in [3.05, 3.63) is 35.9 Å². The third-order valence-electron chi connectivity index (χ3n) is 2.12. The van der Waals surface area contributed by atoms with Gasteiger partial charge in [0.25, 0.3) is 0 Å². The molecule has 1 rings (SSSR count). The van der Waals surface area contributed by atoms with Crippen molar-refractivity contribution in [2.45, 2.75) is 19.1 Å². The van der Waals surface area contributed by atoms with Crippen molar-refractivity contribution in [2.75, 3.05) is 13.7 Å². The Balaban J connectivity index is 2.47. The van der Waals surface area contributed by atoms with Crippen molar-refractivity contribution in [1.29, 1.82) is 0 Å². The molecule has 88 valence electrons. The molecule has 0 bridgehead atoms. The zero-order valence-corrected chi connectivity index (χ0v) is 9.60. The van der Waals surface area contributed by atoms with Crippen molar-refractivity contribution in [3.8, 4) is 0 Å². The van der Waals surface area contributed by atoms with Crippen molar-refractivity contribution >= 4 is 5.97 Å². The van der Waals surface area contributed by atoms with Gasteiger partial charge in [0.1, 0.15) is 12.1 Å². The number of carbonyl (C=O) groups is 1. The maximum atomic E-state index is 11.6. The lowest BCUT2D eigenvalue weighted by Crippen LogP contribution is -2.49. The first-order valence-corrected chi connectivity index (χ1v) is 5.05. The smallest absolute Gasteiger partial charge is 0.328 e. The molecule has 0 saturated carbocycles. The molecular weight excluding hydrogens is 206 g/mol. The monoisotopic (exact) mass is 223 g/mol.